The van der Waals surface area contributed by atoms with E-state index in [2.05, 4.69) is 22.9 Å². The number of nitrogens with one attached hydrogen (secondary N) is 3. The van der Waals surface area contributed by atoms with E-state index in [-0.39, 0.29) is 11.9 Å². The lowest BCUT2D eigenvalue weighted by Gasteiger charge is -2.27. The van der Waals surface area contributed by atoms with Crippen LogP contribution in [-0.2, 0) is 16.0 Å². The third kappa shape index (κ3) is 3.48. The van der Waals surface area contributed by atoms with Crippen molar-refractivity contribution < 1.29 is 9.53 Å². The van der Waals surface area contributed by atoms with Crippen LogP contribution in [0.25, 0.3) is 0 Å². The lowest BCUT2D eigenvalue weighted by atomic mass is 10.1. The van der Waals surface area contributed by atoms with Crippen LogP contribution >= 0.6 is 11.6 Å². The minimum absolute atomic E-state index is 0.0230. The quantitative estimate of drug-likeness (QED) is 0.796. The van der Waals surface area contributed by atoms with E-state index in [9.17, 15) is 4.79 Å². The Morgan fingerprint density at radius 2 is 2.38 bits per heavy atom. The standard InChI is InChI=1S/C15H20ClN3O2/c1-9(4-11-8-21-3-2-17-11)18-14-5-10-6-15(20)19-13(10)7-12(14)16/h5,7,9,11,17-18H,2-4,6,8H2,1H3,(H,19,20). The highest BCUT2D eigenvalue weighted by molar-refractivity contribution is 6.33. The van der Waals surface area contributed by atoms with Gasteiger partial charge in [0, 0.05) is 24.3 Å². The fraction of sp³-hybridized carbons (Fsp3) is 0.533. The van der Waals surface area contributed by atoms with Crippen molar-refractivity contribution in [2.75, 3.05) is 30.4 Å². The van der Waals surface area contributed by atoms with Crippen molar-refractivity contribution in [3.05, 3.63) is 22.7 Å². The molecule has 0 saturated carbocycles. The number of carbonyl (C=O) groups excluding carboxylic acids is 1. The third-order valence-electron chi connectivity index (χ3n) is 3.86. The smallest absolute Gasteiger partial charge is 0.228 e. The van der Waals surface area contributed by atoms with Gasteiger partial charge in [-0.3, -0.25) is 4.79 Å². The highest BCUT2D eigenvalue weighted by Gasteiger charge is 2.21. The maximum Gasteiger partial charge on any atom is 0.228 e. The molecule has 21 heavy (non-hydrogen) atoms. The van der Waals surface area contributed by atoms with Crippen molar-refractivity contribution in [1.29, 1.82) is 0 Å². The molecule has 1 amide bonds. The van der Waals surface area contributed by atoms with Crippen molar-refractivity contribution in [3.8, 4) is 0 Å². The van der Waals surface area contributed by atoms with Gasteiger partial charge in [0.2, 0.25) is 5.91 Å². The highest BCUT2D eigenvalue weighted by atomic mass is 35.5. The molecule has 2 atom stereocenters. The molecule has 2 unspecified atom stereocenters. The number of benzene rings is 1. The zero-order valence-corrected chi connectivity index (χ0v) is 12.8. The van der Waals surface area contributed by atoms with Crippen LogP contribution in [0.4, 0.5) is 11.4 Å². The van der Waals surface area contributed by atoms with E-state index in [4.69, 9.17) is 16.3 Å². The average molecular weight is 310 g/mol. The Bertz CT molecular complexity index is 544. The Morgan fingerprint density at radius 3 is 3.14 bits per heavy atom. The number of halogens is 1. The predicted molar refractivity (Wildman–Crippen MR) is 84.1 cm³/mol. The average Bonchev–Trinajstić information content (AvgIpc) is 2.79. The third-order valence-corrected chi connectivity index (χ3v) is 4.17. The molecule has 1 aromatic rings. The summed E-state index contributed by atoms with van der Waals surface area (Å²) in [7, 11) is 0. The van der Waals surface area contributed by atoms with E-state index in [0.717, 1.165) is 43.1 Å². The largest absolute Gasteiger partial charge is 0.381 e. The number of amides is 1. The maximum absolute atomic E-state index is 11.4. The SMILES string of the molecule is CC(CC1COCCN1)Nc1cc2c(cc1Cl)NC(=O)C2. The molecule has 0 aliphatic carbocycles. The fourth-order valence-electron chi connectivity index (χ4n) is 2.88. The molecule has 0 aromatic heterocycles. The van der Waals surface area contributed by atoms with E-state index in [1.54, 1.807) is 0 Å². The second-order valence-electron chi connectivity index (χ2n) is 5.72. The van der Waals surface area contributed by atoms with Gasteiger partial charge in [-0.05, 0) is 31.0 Å². The van der Waals surface area contributed by atoms with Gasteiger partial charge in [0.15, 0.2) is 0 Å². The molecule has 1 fully saturated rings. The number of ether oxygens (including phenoxy) is 1. The van der Waals surface area contributed by atoms with E-state index in [1.807, 2.05) is 12.1 Å². The minimum Gasteiger partial charge on any atom is -0.381 e. The van der Waals surface area contributed by atoms with Crippen LogP contribution in [0.2, 0.25) is 5.02 Å². The molecule has 1 aromatic carbocycles. The number of anilines is 2. The molecule has 2 heterocycles. The molecular weight excluding hydrogens is 290 g/mol. The van der Waals surface area contributed by atoms with Gasteiger partial charge in [0.25, 0.3) is 0 Å². The second kappa shape index (κ2) is 6.22. The lowest BCUT2D eigenvalue weighted by molar-refractivity contribution is -0.115. The summed E-state index contributed by atoms with van der Waals surface area (Å²) in [5.41, 5.74) is 2.71. The molecule has 2 aliphatic heterocycles. The lowest BCUT2D eigenvalue weighted by Crippen LogP contribution is -2.43. The molecule has 3 rings (SSSR count). The van der Waals surface area contributed by atoms with Crippen molar-refractivity contribution in [2.45, 2.75) is 31.8 Å². The van der Waals surface area contributed by atoms with Crippen LogP contribution in [0.5, 0.6) is 0 Å². The summed E-state index contributed by atoms with van der Waals surface area (Å²) in [4.78, 5) is 11.4. The summed E-state index contributed by atoms with van der Waals surface area (Å²) in [5, 5.41) is 10.3. The van der Waals surface area contributed by atoms with Gasteiger partial charge in [0.05, 0.1) is 30.3 Å². The van der Waals surface area contributed by atoms with Gasteiger partial charge in [-0.25, -0.2) is 0 Å². The molecule has 0 bridgehead atoms. The normalized spacial score (nSPS) is 22.6. The van der Waals surface area contributed by atoms with Crippen molar-refractivity contribution in [1.82, 2.24) is 5.32 Å². The van der Waals surface area contributed by atoms with Crippen LogP contribution in [-0.4, -0.2) is 37.7 Å². The van der Waals surface area contributed by atoms with E-state index < -0.39 is 0 Å². The minimum atomic E-state index is 0.0230. The van der Waals surface area contributed by atoms with Crippen LogP contribution in [0, 0.1) is 0 Å². The van der Waals surface area contributed by atoms with Gasteiger partial charge in [-0.15, -0.1) is 0 Å². The van der Waals surface area contributed by atoms with E-state index in [1.165, 1.54) is 0 Å². The van der Waals surface area contributed by atoms with Crippen molar-refractivity contribution in [2.24, 2.45) is 0 Å². The summed E-state index contributed by atoms with van der Waals surface area (Å²) in [6.07, 6.45) is 1.39. The van der Waals surface area contributed by atoms with Crippen LogP contribution in [0.3, 0.4) is 0 Å². The molecule has 0 spiro atoms. The second-order valence-corrected chi connectivity index (χ2v) is 6.13. The number of morpholine rings is 1. The van der Waals surface area contributed by atoms with Gasteiger partial charge >= 0.3 is 0 Å². The predicted octanol–water partition coefficient (Wildman–Crippen LogP) is 2.01. The summed E-state index contributed by atoms with van der Waals surface area (Å²) < 4.78 is 5.47. The molecule has 1 saturated heterocycles. The summed E-state index contributed by atoms with van der Waals surface area (Å²) >= 11 is 6.29. The number of hydrogen-bond acceptors (Lipinski definition) is 4. The Kier molecular flexibility index (Phi) is 4.33. The summed E-state index contributed by atoms with van der Waals surface area (Å²) in [5.74, 6) is 0.0230. The first-order chi connectivity index (χ1) is 10.1. The van der Waals surface area contributed by atoms with Gasteiger partial charge in [0.1, 0.15) is 0 Å². The molecule has 3 N–H and O–H groups in total. The summed E-state index contributed by atoms with van der Waals surface area (Å²) in [6, 6.07) is 4.43. The van der Waals surface area contributed by atoms with Crippen molar-refractivity contribution >= 4 is 28.9 Å². The monoisotopic (exact) mass is 309 g/mol. The zero-order valence-electron chi connectivity index (χ0n) is 12.0. The van der Waals surface area contributed by atoms with Crippen LogP contribution in [0.1, 0.15) is 18.9 Å². The zero-order chi connectivity index (χ0) is 14.8. The number of rotatable bonds is 4. The first-order valence-corrected chi connectivity index (χ1v) is 7.69. The Hall–Kier alpha value is -1.30. The first-order valence-electron chi connectivity index (χ1n) is 7.32. The fourth-order valence-corrected chi connectivity index (χ4v) is 3.10. The number of fused-ring (bicyclic) bond motifs is 1. The summed E-state index contributed by atoms with van der Waals surface area (Å²) in [6.45, 7) is 4.58. The van der Waals surface area contributed by atoms with Crippen LogP contribution < -0.4 is 16.0 Å². The van der Waals surface area contributed by atoms with Gasteiger partial charge in [-0.2, -0.15) is 0 Å². The Balaban J connectivity index is 1.64. The molecule has 114 valence electrons. The van der Waals surface area contributed by atoms with E-state index in [0.29, 0.717) is 17.5 Å². The number of carbonyl (C=O) groups is 1. The molecule has 2 aliphatic rings. The molecule has 6 heteroatoms. The topological polar surface area (TPSA) is 62.4 Å². The molecular formula is C15H20ClN3O2. The van der Waals surface area contributed by atoms with E-state index >= 15 is 0 Å². The number of hydrogen-bond donors (Lipinski definition) is 3. The molecule has 0 radical (unpaired) electrons. The van der Waals surface area contributed by atoms with Gasteiger partial charge < -0.3 is 20.7 Å². The maximum atomic E-state index is 11.4. The molecule has 5 nitrogen and oxygen atoms in total. The van der Waals surface area contributed by atoms with Gasteiger partial charge in [-0.1, -0.05) is 11.6 Å². The highest BCUT2D eigenvalue weighted by Crippen LogP contribution is 2.33. The first kappa shape index (κ1) is 14.6. The Labute approximate surface area is 129 Å². The Morgan fingerprint density at radius 1 is 1.52 bits per heavy atom. The van der Waals surface area contributed by atoms with Crippen LogP contribution in [0.15, 0.2) is 12.1 Å². The van der Waals surface area contributed by atoms with Crippen molar-refractivity contribution in [3.63, 3.8) is 0 Å².